The van der Waals surface area contributed by atoms with E-state index in [1.807, 2.05) is 25.7 Å². The van der Waals surface area contributed by atoms with Gasteiger partial charge in [0, 0.05) is 45.9 Å². The maximum absolute atomic E-state index is 12.0. The first-order chi connectivity index (χ1) is 11.2. The zero-order valence-corrected chi connectivity index (χ0v) is 15.9. The average molecular weight is 342 g/mol. The number of nitrogens with zero attached hydrogens (tertiary/aromatic N) is 3. The van der Waals surface area contributed by atoms with E-state index in [0.717, 1.165) is 13.0 Å². The number of ether oxygens (including phenoxy) is 2. The van der Waals surface area contributed by atoms with Gasteiger partial charge in [-0.05, 0) is 33.1 Å². The van der Waals surface area contributed by atoms with E-state index >= 15 is 0 Å². The SMILES string of the molecule is CC(C)COCCCN=C(N)N1CCN(C(=O)OC(C)(C)C)CC1. The molecule has 2 N–H and O–H groups in total. The van der Waals surface area contributed by atoms with Crippen molar-refractivity contribution >= 4 is 12.1 Å². The van der Waals surface area contributed by atoms with Gasteiger partial charge in [0.05, 0.1) is 0 Å². The van der Waals surface area contributed by atoms with Crippen LogP contribution in [0.1, 0.15) is 41.0 Å². The van der Waals surface area contributed by atoms with Gasteiger partial charge in [0.25, 0.3) is 0 Å². The minimum Gasteiger partial charge on any atom is -0.444 e. The van der Waals surface area contributed by atoms with Gasteiger partial charge in [0.15, 0.2) is 5.96 Å². The normalized spacial score (nSPS) is 16.7. The molecule has 0 bridgehead atoms. The lowest BCUT2D eigenvalue weighted by molar-refractivity contribution is 0.0186. The van der Waals surface area contributed by atoms with Crippen LogP contribution in [0.5, 0.6) is 0 Å². The number of carbonyl (C=O) groups is 1. The lowest BCUT2D eigenvalue weighted by Gasteiger charge is -2.36. The van der Waals surface area contributed by atoms with Gasteiger partial charge in [-0.1, -0.05) is 13.8 Å². The highest BCUT2D eigenvalue weighted by molar-refractivity contribution is 5.78. The topological polar surface area (TPSA) is 80.4 Å². The highest BCUT2D eigenvalue weighted by Gasteiger charge is 2.26. The second-order valence-corrected chi connectivity index (χ2v) is 7.52. The van der Waals surface area contributed by atoms with E-state index in [0.29, 0.717) is 51.2 Å². The Morgan fingerprint density at radius 3 is 2.29 bits per heavy atom. The first-order valence-electron chi connectivity index (χ1n) is 8.79. The molecule has 1 fully saturated rings. The quantitative estimate of drug-likeness (QED) is 0.453. The monoisotopic (exact) mass is 342 g/mol. The van der Waals surface area contributed by atoms with Gasteiger partial charge in [-0.25, -0.2) is 4.79 Å². The van der Waals surface area contributed by atoms with E-state index in [1.54, 1.807) is 4.90 Å². The van der Waals surface area contributed by atoms with E-state index < -0.39 is 5.60 Å². The largest absolute Gasteiger partial charge is 0.444 e. The lowest BCUT2D eigenvalue weighted by Crippen LogP contribution is -2.53. The maximum Gasteiger partial charge on any atom is 0.410 e. The Morgan fingerprint density at radius 2 is 1.75 bits per heavy atom. The molecule has 0 radical (unpaired) electrons. The molecule has 7 heteroatoms. The van der Waals surface area contributed by atoms with E-state index in [4.69, 9.17) is 15.2 Å². The second-order valence-electron chi connectivity index (χ2n) is 7.52. The van der Waals surface area contributed by atoms with E-state index in [9.17, 15) is 4.79 Å². The highest BCUT2D eigenvalue weighted by atomic mass is 16.6. The molecule has 1 saturated heterocycles. The molecule has 1 amide bonds. The smallest absolute Gasteiger partial charge is 0.410 e. The number of piperazine rings is 1. The number of amides is 1. The number of guanidine groups is 1. The summed E-state index contributed by atoms with van der Waals surface area (Å²) in [5.74, 6) is 1.10. The third-order valence-electron chi connectivity index (χ3n) is 3.43. The maximum atomic E-state index is 12.0. The van der Waals surface area contributed by atoms with Crippen LogP contribution in [0.3, 0.4) is 0 Å². The molecule has 0 aliphatic carbocycles. The molecule has 0 saturated carbocycles. The summed E-state index contributed by atoms with van der Waals surface area (Å²) in [6.07, 6.45) is 0.602. The van der Waals surface area contributed by atoms with Crippen LogP contribution in [0.15, 0.2) is 4.99 Å². The Kier molecular flexibility index (Phi) is 8.31. The van der Waals surface area contributed by atoms with Crippen molar-refractivity contribution in [1.82, 2.24) is 9.80 Å². The van der Waals surface area contributed by atoms with Crippen molar-refractivity contribution in [1.29, 1.82) is 0 Å². The van der Waals surface area contributed by atoms with Crippen LogP contribution in [0, 0.1) is 5.92 Å². The third-order valence-corrected chi connectivity index (χ3v) is 3.43. The van der Waals surface area contributed by atoms with Gasteiger partial charge in [0.2, 0.25) is 0 Å². The van der Waals surface area contributed by atoms with Crippen LogP contribution in [0.25, 0.3) is 0 Å². The minimum absolute atomic E-state index is 0.264. The number of carbonyl (C=O) groups excluding carboxylic acids is 1. The van der Waals surface area contributed by atoms with Crippen molar-refractivity contribution in [3.8, 4) is 0 Å². The molecule has 1 aliphatic heterocycles. The molecule has 0 unspecified atom stereocenters. The zero-order chi connectivity index (χ0) is 18.2. The highest BCUT2D eigenvalue weighted by Crippen LogP contribution is 2.11. The molecule has 24 heavy (non-hydrogen) atoms. The number of aliphatic imine (C=N–C) groups is 1. The molecule has 0 spiro atoms. The van der Waals surface area contributed by atoms with Crippen molar-refractivity contribution in [2.24, 2.45) is 16.6 Å². The Balaban J connectivity index is 2.26. The standard InChI is InChI=1S/C17H34N4O3/c1-14(2)13-23-12-6-7-19-15(18)20-8-10-21(11-9-20)16(22)24-17(3,4)5/h14H,6-13H2,1-5H3,(H2,18,19). The van der Waals surface area contributed by atoms with Crippen molar-refractivity contribution in [3.05, 3.63) is 0 Å². The molecule has 1 aliphatic rings. The van der Waals surface area contributed by atoms with Crippen molar-refractivity contribution in [2.45, 2.75) is 46.6 Å². The van der Waals surface area contributed by atoms with Crippen LogP contribution >= 0.6 is 0 Å². The summed E-state index contributed by atoms with van der Waals surface area (Å²) in [5.41, 5.74) is 5.57. The summed E-state index contributed by atoms with van der Waals surface area (Å²) in [4.78, 5) is 20.1. The molecule has 0 atom stereocenters. The molecule has 1 heterocycles. The Hall–Kier alpha value is -1.50. The number of nitrogens with two attached hydrogens (primary N) is 1. The molecule has 7 nitrogen and oxygen atoms in total. The molecule has 1 rings (SSSR count). The van der Waals surface area contributed by atoms with Gasteiger partial charge in [-0.2, -0.15) is 0 Å². The van der Waals surface area contributed by atoms with E-state index in [-0.39, 0.29) is 6.09 Å². The first kappa shape index (κ1) is 20.5. The predicted molar refractivity (Wildman–Crippen MR) is 96.1 cm³/mol. The zero-order valence-electron chi connectivity index (χ0n) is 15.9. The van der Waals surface area contributed by atoms with E-state index in [1.165, 1.54) is 0 Å². The van der Waals surface area contributed by atoms with E-state index in [2.05, 4.69) is 18.8 Å². The summed E-state index contributed by atoms with van der Waals surface area (Å²) < 4.78 is 10.9. The predicted octanol–water partition coefficient (Wildman–Crippen LogP) is 1.92. The summed E-state index contributed by atoms with van der Waals surface area (Å²) in [7, 11) is 0. The van der Waals surface area contributed by atoms with Gasteiger partial charge in [-0.15, -0.1) is 0 Å². The fraction of sp³-hybridized carbons (Fsp3) is 0.882. The van der Waals surface area contributed by atoms with Crippen LogP contribution in [-0.4, -0.2) is 73.4 Å². The van der Waals surface area contributed by atoms with Gasteiger partial charge < -0.3 is 25.0 Å². The molecular formula is C17H34N4O3. The van der Waals surface area contributed by atoms with Gasteiger partial charge in [0.1, 0.15) is 5.60 Å². The fourth-order valence-corrected chi connectivity index (χ4v) is 2.22. The van der Waals surface area contributed by atoms with Crippen LogP contribution < -0.4 is 5.73 Å². The molecule has 0 aromatic heterocycles. The van der Waals surface area contributed by atoms with Crippen LogP contribution in [-0.2, 0) is 9.47 Å². The summed E-state index contributed by atoms with van der Waals surface area (Å²) >= 11 is 0. The third kappa shape index (κ3) is 8.38. The Morgan fingerprint density at radius 1 is 1.17 bits per heavy atom. The summed E-state index contributed by atoms with van der Waals surface area (Å²) in [5, 5.41) is 0. The average Bonchev–Trinajstić information content (AvgIpc) is 2.48. The fourth-order valence-electron chi connectivity index (χ4n) is 2.22. The number of hydrogen-bond acceptors (Lipinski definition) is 4. The van der Waals surface area contributed by atoms with Crippen molar-refractivity contribution in [2.75, 3.05) is 45.9 Å². The minimum atomic E-state index is -0.466. The molecule has 0 aromatic carbocycles. The van der Waals surface area contributed by atoms with Gasteiger partial charge >= 0.3 is 6.09 Å². The van der Waals surface area contributed by atoms with Crippen LogP contribution in [0.2, 0.25) is 0 Å². The summed E-state index contributed by atoms with van der Waals surface area (Å²) in [6, 6.07) is 0. The van der Waals surface area contributed by atoms with Gasteiger partial charge in [-0.3, -0.25) is 4.99 Å². The molecule has 0 aromatic rings. The van der Waals surface area contributed by atoms with Crippen molar-refractivity contribution in [3.63, 3.8) is 0 Å². The number of rotatable bonds is 6. The second kappa shape index (κ2) is 9.71. The Labute approximate surface area is 146 Å². The van der Waals surface area contributed by atoms with Crippen molar-refractivity contribution < 1.29 is 14.3 Å². The lowest BCUT2D eigenvalue weighted by atomic mass is 10.2. The molecular weight excluding hydrogens is 308 g/mol. The molecule has 140 valence electrons. The first-order valence-corrected chi connectivity index (χ1v) is 8.79. The van der Waals surface area contributed by atoms with Crippen LogP contribution in [0.4, 0.5) is 4.79 Å². The Bertz CT molecular complexity index is 411. The number of hydrogen-bond donors (Lipinski definition) is 1. The summed E-state index contributed by atoms with van der Waals surface area (Å²) in [6.45, 7) is 14.6.